The van der Waals surface area contributed by atoms with Crippen molar-refractivity contribution in [3.8, 4) is 0 Å². The molecule has 7 nitrogen and oxygen atoms in total. The van der Waals surface area contributed by atoms with E-state index in [0.29, 0.717) is 18.8 Å². The topological polar surface area (TPSA) is 80.4 Å². The third-order valence-corrected chi connectivity index (χ3v) is 6.41. The van der Waals surface area contributed by atoms with Crippen LogP contribution in [0.5, 0.6) is 0 Å². The zero-order valence-electron chi connectivity index (χ0n) is 19.5. The molecule has 1 aromatic carbocycles. The van der Waals surface area contributed by atoms with Crippen molar-refractivity contribution in [3.05, 3.63) is 76.1 Å². The molecule has 1 fully saturated rings. The fourth-order valence-electron chi connectivity index (χ4n) is 4.61. The van der Waals surface area contributed by atoms with Gasteiger partial charge in [0.15, 0.2) is 0 Å². The Morgan fingerprint density at radius 2 is 1.88 bits per heavy atom. The van der Waals surface area contributed by atoms with Crippen LogP contribution in [0.25, 0.3) is 11.1 Å². The second-order valence-corrected chi connectivity index (χ2v) is 8.79. The number of hydrogen-bond donors (Lipinski definition) is 1. The normalized spacial score (nSPS) is 15.8. The molecule has 1 amide bonds. The van der Waals surface area contributed by atoms with Gasteiger partial charge in [0.2, 0.25) is 5.71 Å². The number of amides is 1. The molecule has 0 radical (unpaired) electrons. The Bertz CT molecular complexity index is 1180. The minimum atomic E-state index is -0.312. The second-order valence-electron chi connectivity index (χ2n) is 8.79. The van der Waals surface area contributed by atoms with Gasteiger partial charge in [-0.3, -0.25) is 19.1 Å². The van der Waals surface area contributed by atoms with Gasteiger partial charge in [0.25, 0.3) is 11.5 Å². The molecule has 3 heterocycles. The molecule has 1 unspecified atom stereocenters. The number of allylic oxidation sites excluding steroid dienone is 1. The summed E-state index contributed by atoms with van der Waals surface area (Å²) in [5.74, 6) is 0.0820. The minimum absolute atomic E-state index is 0.0710. The second kappa shape index (κ2) is 10.2. The summed E-state index contributed by atoms with van der Waals surface area (Å²) < 4.78 is 7.07. The predicted molar refractivity (Wildman–Crippen MR) is 129 cm³/mol. The summed E-state index contributed by atoms with van der Waals surface area (Å²) in [6, 6.07) is 8.59. The first kappa shape index (κ1) is 23.0. The molecule has 0 bridgehead atoms. The molecule has 2 aromatic heterocycles. The minimum Gasteiger partial charge on any atom is -0.442 e. The third kappa shape index (κ3) is 4.93. The van der Waals surface area contributed by atoms with E-state index in [-0.39, 0.29) is 34.2 Å². The summed E-state index contributed by atoms with van der Waals surface area (Å²) in [4.78, 5) is 33.0. The summed E-state index contributed by atoms with van der Waals surface area (Å²) in [6.07, 6.45) is 7.85. The van der Waals surface area contributed by atoms with E-state index in [2.05, 4.69) is 53.0 Å². The summed E-state index contributed by atoms with van der Waals surface area (Å²) in [5, 5.41) is 3.31. The van der Waals surface area contributed by atoms with Gasteiger partial charge < -0.3 is 9.73 Å². The summed E-state index contributed by atoms with van der Waals surface area (Å²) in [5.41, 5.74) is 2.54. The monoisotopic (exact) mass is 448 g/mol. The maximum Gasteiger partial charge on any atom is 0.265 e. The Labute approximate surface area is 194 Å². The van der Waals surface area contributed by atoms with E-state index >= 15 is 0 Å². The Kier molecular flexibility index (Phi) is 7.08. The molecule has 1 N–H and O–H groups in total. The van der Waals surface area contributed by atoms with Gasteiger partial charge in [-0.1, -0.05) is 48.7 Å². The van der Waals surface area contributed by atoms with Crippen LogP contribution < -0.4 is 10.9 Å². The highest BCUT2D eigenvalue weighted by Crippen LogP contribution is 2.25. The van der Waals surface area contributed by atoms with Gasteiger partial charge in [-0.05, 0) is 45.3 Å². The third-order valence-electron chi connectivity index (χ3n) is 6.41. The number of likely N-dealkylation sites (tertiary alicyclic amines) is 1. The molecule has 1 aliphatic heterocycles. The highest BCUT2D eigenvalue weighted by atomic mass is 16.3. The van der Waals surface area contributed by atoms with Crippen LogP contribution in [0.4, 0.5) is 0 Å². The molecule has 0 saturated carbocycles. The van der Waals surface area contributed by atoms with Gasteiger partial charge in [-0.15, -0.1) is 6.58 Å². The number of carbonyl (C=O) groups excluding carboxylic acids is 1. The number of furan rings is 1. The number of nitrogens with one attached hydrogen (secondary N) is 1. The molecule has 3 aromatic rings. The van der Waals surface area contributed by atoms with Crippen molar-refractivity contribution in [1.82, 2.24) is 19.8 Å². The highest BCUT2D eigenvalue weighted by molar-refractivity contribution is 6.06. The predicted octanol–water partition coefficient (Wildman–Crippen LogP) is 4.14. The molecular weight excluding hydrogens is 416 g/mol. The first-order valence-electron chi connectivity index (χ1n) is 11.7. The van der Waals surface area contributed by atoms with E-state index in [9.17, 15) is 9.59 Å². The SMILES string of the molecule is C=CCn1cnc2oc(C)c(C(=O)NCC(c3ccc(C)cc3)N3CCCCCC3)c2c1=O. The van der Waals surface area contributed by atoms with Gasteiger partial charge in [0.05, 0.1) is 11.6 Å². The zero-order valence-corrected chi connectivity index (χ0v) is 19.5. The van der Waals surface area contributed by atoms with Gasteiger partial charge in [0, 0.05) is 13.1 Å². The Hall–Kier alpha value is -3.19. The number of fused-ring (bicyclic) bond motifs is 1. The quantitative estimate of drug-likeness (QED) is 0.550. The van der Waals surface area contributed by atoms with Crippen molar-refractivity contribution in [3.63, 3.8) is 0 Å². The van der Waals surface area contributed by atoms with Crippen molar-refractivity contribution in [2.45, 2.75) is 52.1 Å². The van der Waals surface area contributed by atoms with Gasteiger partial charge >= 0.3 is 0 Å². The van der Waals surface area contributed by atoms with E-state index in [1.807, 2.05) is 0 Å². The molecule has 4 rings (SSSR count). The maximum atomic E-state index is 13.3. The molecule has 0 aliphatic carbocycles. The van der Waals surface area contributed by atoms with Crippen LogP contribution in [0.1, 0.15) is 59.0 Å². The van der Waals surface area contributed by atoms with Crippen LogP contribution >= 0.6 is 0 Å². The van der Waals surface area contributed by atoms with Crippen molar-refractivity contribution in [2.24, 2.45) is 0 Å². The lowest BCUT2D eigenvalue weighted by atomic mass is 10.0. The number of aromatic nitrogens is 2. The van der Waals surface area contributed by atoms with Crippen LogP contribution in [-0.4, -0.2) is 40.0 Å². The van der Waals surface area contributed by atoms with Crippen molar-refractivity contribution < 1.29 is 9.21 Å². The van der Waals surface area contributed by atoms with E-state index in [1.165, 1.54) is 34.9 Å². The summed E-state index contributed by atoms with van der Waals surface area (Å²) >= 11 is 0. The molecule has 7 heteroatoms. The Balaban J connectivity index is 1.62. The molecule has 1 atom stereocenters. The number of carbonyl (C=O) groups is 1. The fourth-order valence-corrected chi connectivity index (χ4v) is 4.61. The number of benzene rings is 1. The van der Waals surface area contributed by atoms with E-state index in [1.54, 1.807) is 13.0 Å². The van der Waals surface area contributed by atoms with Crippen molar-refractivity contribution in [1.29, 1.82) is 0 Å². The number of rotatable bonds is 7. The van der Waals surface area contributed by atoms with Crippen LogP contribution in [-0.2, 0) is 6.54 Å². The number of hydrogen-bond acceptors (Lipinski definition) is 5. The Morgan fingerprint density at radius 1 is 1.18 bits per heavy atom. The molecule has 1 aliphatic rings. The Morgan fingerprint density at radius 3 is 2.55 bits per heavy atom. The number of nitrogens with zero attached hydrogens (tertiary/aromatic N) is 3. The van der Waals surface area contributed by atoms with Crippen LogP contribution in [0, 0.1) is 13.8 Å². The van der Waals surface area contributed by atoms with Crippen LogP contribution in [0.3, 0.4) is 0 Å². The van der Waals surface area contributed by atoms with Gasteiger partial charge in [-0.25, -0.2) is 4.98 Å². The van der Waals surface area contributed by atoms with E-state index < -0.39 is 0 Å². The zero-order chi connectivity index (χ0) is 23.4. The number of aryl methyl sites for hydroxylation is 2. The van der Waals surface area contributed by atoms with Gasteiger partial charge in [-0.2, -0.15) is 0 Å². The standard InChI is InChI=1S/C26H32N4O3/c1-4-13-30-17-28-25-23(26(30)32)22(19(3)33-25)24(31)27-16-21(20-11-9-18(2)10-12-20)29-14-7-5-6-8-15-29/h4,9-12,17,21H,1,5-8,13-16H2,2-3H3,(H,27,31). The maximum absolute atomic E-state index is 13.3. The van der Waals surface area contributed by atoms with Crippen molar-refractivity contribution >= 4 is 17.0 Å². The first-order valence-corrected chi connectivity index (χ1v) is 11.7. The largest absolute Gasteiger partial charge is 0.442 e. The summed E-state index contributed by atoms with van der Waals surface area (Å²) in [7, 11) is 0. The molecular formula is C26H32N4O3. The lowest BCUT2D eigenvalue weighted by Crippen LogP contribution is -2.39. The molecule has 33 heavy (non-hydrogen) atoms. The summed E-state index contributed by atoms with van der Waals surface area (Å²) in [6.45, 7) is 10.2. The van der Waals surface area contributed by atoms with E-state index in [4.69, 9.17) is 4.42 Å². The molecule has 0 spiro atoms. The lowest BCUT2D eigenvalue weighted by Gasteiger charge is -2.31. The fraction of sp³-hybridized carbons (Fsp3) is 0.423. The van der Waals surface area contributed by atoms with Crippen molar-refractivity contribution in [2.75, 3.05) is 19.6 Å². The lowest BCUT2D eigenvalue weighted by molar-refractivity contribution is 0.0933. The van der Waals surface area contributed by atoms with Crippen LogP contribution in [0.2, 0.25) is 0 Å². The molecule has 174 valence electrons. The van der Waals surface area contributed by atoms with Gasteiger partial charge in [0.1, 0.15) is 17.5 Å². The smallest absolute Gasteiger partial charge is 0.265 e. The average molecular weight is 449 g/mol. The van der Waals surface area contributed by atoms with Crippen LogP contribution in [0.15, 0.2) is 52.5 Å². The first-order chi connectivity index (χ1) is 16.0. The molecule has 1 saturated heterocycles. The highest BCUT2D eigenvalue weighted by Gasteiger charge is 2.26. The average Bonchev–Trinajstić information content (AvgIpc) is 2.96. The van der Waals surface area contributed by atoms with E-state index in [0.717, 1.165) is 25.9 Å².